The average Bonchev–Trinajstić information content (AvgIpc) is 2.74. The van der Waals surface area contributed by atoms with Crippen LogP contribution >= 0.6 is 11.3 Å². The molecular formula is C12H11N2OS. The summed E-state index contributed by atoms with van der Waals surface area (Å²) in [5.41, 5.74) is 7.08. The Kier molecular flexibility index (Phi) is 3.22. The van der Waals surface area contributed by atoms with E-state index in [4.69, 9.17) is 5.73 Å². The molecule has 0 aliphatic rings. The molecule has 2 rings (SSSR count). The van der Waals surface area contributed by atoms with E-state index < -0.39 is 0 Å². The summed E-state index contributed by atoms with van der Waals surface area (Å²) >= 11 is 1.23. The number of carbonyl (C=O) groups is 1. The van der Waals surface area contributed by atoms with Gasteiger partial charge in [-0.2, -0.15) is 0 Å². The van der Waals surface area contributed by atoms with E-state index in [1.807, 2.05) is 30.3 Å². The Morgan fingerprint density at radius 2 is 2.12 bits per heavy atom. The van der Waals surface area contributed by atoms with E-state index in [0.717, 1.165) is 5.56 Å². The van der Waals surface area contributed by atoms with Crippen LogP contribution in [0, 0.1) is 5.38 Å². The van der Waals surface area contributed by atoms with Crippen molar-refractivity contribution in [3.05, 3.63) is 52.2 Å². The molecule has 2 aromatic rings. The molecule has 4 heteroatoms. The standard InChI is InChI=1S/C12H11N2OS/c13-10-6-11(16-8-10)12(15)14-7-9-4-2-1-3-5-9/h1-6H,7,13H2,(H,14,15). The highest BCUT2D eigenvalue weighted by Gasteiger charge is 2.07. The van der Waals surface area contributed by atoms with Crippen LogP contribution < -0.4 is 11.1 Å². The van der Waals surface area contributed by atoms with E-state index in [9.17, 15) is 4.79 Å². The van der Waals surface area contributed by atoms with E-state index in [2.05, 4.69) is 10.7 Å². The second kappa shape index (κ2) is 4.81. The fraction of sp³-hybridized carbons (Fsp3) is 0.0833. The predicted octanol–water partition coefficient (Wildman–Crippen LogP) is 2.06. The van der Waals surface area contributed by atoms with Crippen LogP contribution in [0.4, 0.5) is 5.69 Å². The first kappa shape index (κ1) is 10.7. The monoisotopic (exact) mass is 231 g/mol. The second-order valence-electron chi connectivity index (χ2n) is 3.34. The van der Waals surface area contributed by atoms with Gasteiger partial charge in [-0.1, -0.05) is 30.3 Å². The molecule has 0 bridgehead atoms. The van der Waals surface area contributed by atoms with E-state index in [0.29, 0.717) is 17.1 Å². The van der Waals surface area contributed by atoms with E-state index in [-0.39, 0.29) is 5.91 Å². The number of nitrogens with two attached hydrogens (primary N) is 1. The topological polar surface area (TPSA) is 55.1 Å². The molecule has 0 atom stereocenters. The zero-order valence-electron chi connectivity index (χ0n) is 8.57. The molecule has 0 saturated carbocycles. The summed E-state index contributed by atoms with van der Waals surface area (Å²) in [6.07, 6.45) is 0. The minimum absolute atomic E-state index is 0.109. The van der Waals surface area contributed by atoms with Gasteiger partial charge in [-0.15, -0.1) is 11.3 Å². The molecule has 16 heavy (non-hydrogen) atoms. The third kappa shape index (κ3) is 2.61. The lowest BCUT2D eigenvalue weighted by atomic mass is 10.2. The summed E-state index contributed by atoms with van der Waals surface area (Å²) in [7, 11) is 0. The van der Waals surface area contributed by atoms with Gasteiger partial charge in [-0.05, 0) is 11.6 Å². The van der Waals surface area contributed by atoms with E-state index in [1.54, 1.807) is 6.07 Å². The van der Waals surface area contributed by atoms with Crippen molar-refractivity contribution in [2.75, 3.05) is 5.73 Å². The van der Waals surface area contributed by atoms with Crippen LogP contribution in [0.2, 0.25) is 0 Å². The lowest BCUT2D eigenvalue weighted by Crippen LogP contribution is -2.21. The number of amides is 1. The molecule has 0 saturated heterocycles. The molecule has 1 radical (unpaired) electrons. The Bertz CT molecular complexity index is 479. The van der Waals surface area contributed by atoms with Crippen molar-refractivity contribution in [3.63, 3.8) is 0 Å². The first-order valence-electron chi connectivity index (χ1n) is 4.85. The fourth-order valence-corrected chi connectivity index (χ4v) is 1.93. The Morgan fingerprint density at radius 3 is 2.75 bits per heavy atom. The Labute approximate surface area is 97.9 Å². The molecule has 0 aliphatic heterocycles. The maximum absolute atomic E-state index is 11.7. The maximum Gasteiger partial charge on any atom is 0.261 e. The number of hydrogen-bond donors (Lipinski definition) is 2. The SMILES string of the molecule is Nc1[c]sc(C(=O)NCc2ccccc2)c1. The van der Waals surface area contributed by atoms with Gasteiger partial charge in [0.15, 0.2) is 0 Å². The minimum Gasteiger partial charge on any atom is -0.397 e. The van der Waals surface area contributed by atoms with Crippen LogP contribution in [-0.4, -0.2) is 5.91 Å². The summed E-state index contributed by atoms with van der Waals surface area (Å²) in [6, 6.07) is 11.4. The number of benzene rings is 1. The van der Waals surface area contributed by atoms with Crippen LogP contribution in [0.25, 0.3) is 0 Å². The van der Waals surface area contributed by atoms with Crippen LogP contribution in [0.1, 0.15) is 15.2 Å². The van der Waals surface area contributed by atoms with Gasteiger partial charge in [0.2, 0.25) is 0 Å². The van der Waals surface area contributed by atoms with Crippen LogP contribution in [0.5, 0.6) is 0 Å². The fourth-order valence-electron chi connectivity index (χ4n) is 1.29. The van der Waals surface area contributed by atoms with Gasteiger partial charge < -0.3 is 11.1 Å². The van der Waals surface area contributed by atoms with Crippen molar-refractivity contribution in [2.24, 2.45) is 0 Å². The number of nitrogens with one attached hydrogen (secondary N) is 1. The molecule has 0 aliphatic carbocycles. The highest BCUT2D eigenvalue weighted by atomic mass is 32.1. The van der Waals surface area contributed by atoms with Crippen LogP contribution in [-0.2, 0) is 6.54 Å². The predicted molar refractivity (Wildman–Crippen MR) is 65.2 cm³/mol. The molecule has 81 valence electrons. The summed E-state index contributed by atoms with van der Waals surface area (Å²) < 4.78 is 0. The van der Waals surface area contributed by atoms with Crippen molar-refractivity contribution in [3.8, 4) is 0 Å². The van der Waals surface area contributed by atoms with Gasteiger partial charge in [-0.25, -0.2) is 0 Å². The summed E-state index contributed by atoms with van der Waals surface area (Å²) in [5, 5.41) is 5.63. The number of nitrogen functional groups attached to an aromatic ring is 1. The lowest BCUT2D eigenvalue weighted by molar-refractivity contribution is 0.0955. The third-order valence-corrected chi connectivity index (χ3v) is 2.95. The highest BCUT2D eigenvalue weighted by Crippen LogP contribution is 2.14. The van der Waals surface area contributed by atoms with Crippen molar-refractivity contribution >= 4 is 22.9 Å². The first-order chi connectivity index (χ1) is 7.75. The largest absolute Gasteiger partial charge is 0.397 e. The number of carbonyl (C=O) groups excluding carboxylic acids is 1. The van der Waals surface area contributed by atoms with Gasteiger partial charge >= 0.3 is 0 Å². The van der Waals surface area contributed by atoms with Crippen molar-refractivity contribution < 1.29 is 4.79 Å². The van der Waals surface area contributed by atoms with E-state index >= 15 is 0 Å². The molecule has 1 heterocycles. The summed E-state index contributed by atoms with van der Waals surface area (Å²) in [5.74, 6) is -0.109. The molecule has 3 nitrogen and oxygen atoms in total. The summed E-state index contributed by atoms with van der Waals surface area (Å²) in [4.78, 5) is 12.2. The van der Waals surface area contributed by atoms with Crippen LogP contribution in [0.15, 0.2) is 36.4 Å². The van der Waals surface area contributed by atoms with Gasteiger partial charge in [0, 0.05) is 6.54 Å². The Balaban J connectivity index is 1.94. The Morgan fingerprint density at radius 1 is 1.38 bits per heavy atom. The third-order valence-electron chi connectivity index (χ3n) is 2.09. The van der Waals surface area contributed by atoms with Crippen molar-refractivity contribution in [2.45, 2.75) is 6.54 Å². The van der Waals surface area contributed by atoms with Gasteiger partial charge in [0.25, 0.3) is 5.91 Å². The number of rotatable bonds is 3. The second-order valence-corrected chi connectivity index (χ2v) is 4.18. The molecule has 0 spiro atoms. The quantitative estimate of drug-likeness (QED) is 0.849. The number of thiophene rings is 1. The van der Waals surface area contributed by atoms with Crippen molar-refractivity contribution in [1.82, 2.24) is 5.32 Å². The van der Waals surface area contributed by atoms with Gasteiger partial charge in [0.05, 0.1) is 15.9 Å². The smallest absolute Gasteiger partial charge is 0.261 e. The normalized spacial score (nSPS) is 10.0. The summed E-state index contributed by atoms with van der Waals surface area (Å²) in [6.45, 7) is 0.525. The van der Waals surface area contributed by atoms with E-state index in [1.165, 1.54) is 11.3 Å². The number of hydrogen-bond acceptors (Lipinski definition) is 3. The molecule has 1 aromatic heterocycles. The lowest BCUT2D eigenvalue weighted by Gasteiger charge is -2.02. The molecule has 0 fully saturated rings. The molecule has 0 unspecified atom stereocenters. The van der Waals surface area contributed by atoms with Crippen molar-refractivity contribution in [1.29, 1.82) is 0 Å². The molecular weight excluding hydrogens is 220 g/mol. The number of anilines is 1. The maximum atomic E-state index is 11.7. The Hall–Kier alpha value is -1.81. The molecule has 1 aromatic carbocycles. The zero-order chi connectivity index (χ0) is 11.4. The van der Waals surface area contributed by atoms with Gasteiger partial charge in [-0.3, -0.25) is 4.79 Å². The molecule has 3 N–H and O–H groups in total. The van der Waals surface area contributed by atoms with Gasteiger partial charge in [0.1, 0.15) is 0 Å². The highest BCUT2D eigenvalue weighted by molar-refractivity contribution is 7.12. The molecule has 1 amide bonds. The zero-order valence-corrected chi connectivity index (χ0v) is 9.38. The van der Waals surface area contributed by atoms with Crippen LogP contribution in [0.3, 0.4) is 0 Å². The average molecular weight is 231 g/mol. The first-order valence-corrected chi connectivity index (χ1v) is 5.66. The minimum atomic E-state index is -0.109.